The molecule has 0 radical (unpaired) electrons. The fourth-order valence-corrected chi connectivity index (χ4v) is 2.45. The number of hydrogen-bond donors (Lipinski definition) is 1. The van der Waals surface area contributed by atoms with Gasteiger partial charge in [0, 0.05) is 32.6 Å². The van der Waals surface area contributed by atoms with Crippen LogP contribution in [-0.2, 0) is 11.3 Å². The molecule has 2 amide bonds. The lowest BCUT2D eigenvalue weighted by Gasteiger charge is -2.17. The van der Waals surface area contributed by atoms with E-state index < -0.39 is 17.5 Å². The molecule has 7 heteroatoms. The first-order valence-electron chi connectivity index (χ1n) is 8.37. The van der Waals surface area contributed by atoms with E-state index in [1.165, 1.54) is 0 Å². The number of rotatable bonds is 7. The third-order valence-electron chi connectivity index (χ3n) is 3.96. The molecule has 27 heavy (non-hydrogen) atoms. The second-order valence-electron chi connectivity index (χ2n) is 6.04. The minimum atomic E-state index is -0.925. The Balaban J connectivity index is 1.74. The Hall–Kier alpha value is -3.27. The molecule has 0 heterocycles. The molecule has 0 atom stereocenters. The van der Waals surface area contributed by atoms with Crippen LogP contribution in [0, 0.1) is 23.0 Å². The van der Waals surface area contributed by atoms with Crippen molar-refractivity contribution in [2.24, 2.45) is 0 Å². The summed E-state index contributed by atoms with van der Waals surface area (Å²) in [7, 11) is 1.67. The van der Waals surface area contributed by atoms with Crippen LogP contribution in [0.25, 0.3) is 0 Å². The van der Waals surface area contributed by atoms with Crippen LogP contribution in [0.5, 0.6) is 0 Å². The highest BCUT2D eigenvalue weighted by Gasteiger charge is 2.13. The zero-order valence-corrected chi connectivity index (χ0v) is 14.8. The van der Waals surface area contributed by atoms with Crippen molar-refractivity contribution in [2.45, 2.75) is 19.4 Å². The highest BCUT2D eigenvalue weighted by Crippen LogP contribution is 2.10. The van der Waals surface area contributed by atoms with Gasteiger partial charge in [0.2, 0.25) is 5.91 Å². The minimum Gasteiger partial charge on any atom is -0.352 e. The van der Waals surface area contributed by atoms with Crippen LogP contribution in [0.3, 0.4) is 0 Å². The first kappa shape index (κ1) is 20.0. The smallest absolute Gasteiger partial charge is 0.254 e. The van der Waals surface area contributed by atoms with Gasteiger partial charge in [-0.3, -0.25) is 9.59 Å². The maximum Gasteiger partial charge on any atom is 0.254 e. The molecule has 0 bridgehead atoms. The molecular formula is C20H19F2N3O2. The van der Waals surface area contributed by atoms with Crippen LogP contribution in [0.4, 0.5) is 8.78 Å². The van der Waals surface area contributed by atoms with E-state index in [0.29, 0.717) is 24.6 Å². The molecule has 5 nitrogen and oxygen atoms in total. The van der Waals surface area contributed by atoms with Gasteiger partial charge in [0.15, 0.2) is 0 Å². The van der Waals surface area contributed by atoms with Gasteiger partial charge >= 0.3 is 0 Å². The fraction of sp³-hybridized carbons (Fsp3) is 0.250. The van der Waals surface area contributed by atoms with Crippen LogP contribution >= 0.6 is 0 Å². The SMILES string of the molecule is CN(Cc1ccc(C#N)cc1)C(=O)CCCNC(=O)c1ccc(F)cc1F. The minimum absolute atomic E-state index is 0.0958. The number of amides is 2. The van der Waals surface area contributed by atoms with Crippen molar-refractivity contribution in [3.05, 3.63) is 70.8 Å². The first-order chi connectivity index (χ1) is 12.9. The van der Waals surface area contributed by atoms with E-state index in [-0.39, 0.29) is 24.4 Å². The number of halogens is 2. The average Bonchev–Trinajstić information content (AvgIpc) is 2.65. The molecule has 0 aliphatic carbocycles. The van der Waals surface area contributed by atoms with Crippen molar-refractivity contribution in [3.8, 4) is 6.07 Å². The van der Waals surface area contributed by atoms with Gasteiger partial charge in [-0.2, -0.15) is 5.26 Å². The summed E-state index contributed by atoms with van der Waals surface area (Å²) in [6.07, 6.45) is 0.615. The topological polar surface area (TPSA) is 73.2 Å². The van der Waals surface area contributed by atoms with Crippen LogP contribution < -0.4 is 5.32 Å². The standard InChI is InChI=1S/C20H19F2N3O2/c1-25(13-15-6-4-14(12-23)5-7-15)19(26)3-2-10-24-20(27)17-9-8-16(21)11-18(17)22/h4-9,11H,2-3,10,13H2,1H3,(H,24,27). The molecule has 0 aliphatic heterocycles. The van der Waals surface area contributed by atoms with Gasteiger partial charge in [-0.15, -0.1) is 0 Å². The van der Waals surface area contributed by atoms with Crippen molar-refractivity contribution in [1.82, 2.24) is 10.2 Å². The Labute approximate surface area is 156 Å². The molecule has 0 saturated heterocycles. The predicted octanol–water partition coefficient (Wildman–Crippen LogP) is 3.01. The van der Waals surface area contributed by atoms with E-state index in [4.69, 9.17) is 5.26 Å². The Bertz CT molecular complexity index is 861. The van der Waals surface area contributed by atoms with Gasteiger partial charge in [-0.25, -0.2) is 8.78 Å². The number of nitrogens with one attached hydrogen (secondary N) is 1. The van der Waals surface area contributed by atoms with E-state index in [0.717, 1.165) is 17.7 Å². The highest BCUT2D eigenvalue weighted by molar-refractivity contribution is 5.94. The molecule has 1 N–H and O–H groups in total. The number of nitriles is 1. The predicted molar refractivity (Wildman–Crippen MR) is 95.6 cm³/mol. The summed E-state index contributed by atoms with van der Waals surface area (Å²) < 4.78 is 26.4. The monoisotopic (exact) mass is 371 g/mol. The lowest BCUT2D eigenvalue weighted by molar-refractivity contribution is -0.130. The Kier molecular flexibility index (Phi) is 7.00. The second-order valence-corrected chi connectivity index (χ2v) is 6.04. The van der Waals surface area contributed by atoms with E-state index >= 15 is 0 Å². The average molecular weight is 371 g/mol. The molecular weight excluding hydrogens is 352 g/mol. The van der Waals surface area contributed by atoms with Gasteiger partial charge in [-0.05, 0) is 36.2 Å². The van der Waals surface area contributed by atoms with Gasteiger partial charge < -0.3 is 10.2 Å². The van der Waals surface area contributed by atoms with Crippen molar-refractivity contribution in [2.75, 3.05) is 13.6 Å². The molecule has 0 saturated carbocycles. The number of carbonyl (C=O) groups excluding carboxylic acids is 2. The molecule has 2 aromatic rings. The lowest BCUT2D eigenvalue weighted by atomic mass is 10.1. The van der Waals surface area contributed by atoms with Crippen LogP contribution in [-0.4, -0.2) is 30.3 Å². The number of benzene rings is 2. The first-order valence-corrected chi connectivity index (χ1v) is 8.37. The van der Waals surface area contributed by atoms with E-state index in [1.54, 1.807) is 36.2 Å². The third kappa shape index (κ3) is 5.89. The maximum absolute atomic E-state index is 13.5. The fourth-order valence-electron chi connectivity index (χ4n) is 2.45. The Morgan fingerprint density at radius 2 is 1.85 bits per heavy atom. The summed E-state index contributed by atoms with van der Waals surface area (Å²) in [5.74, 6) is -2.42. The second kappa shape index (κ2) is 9.43. The molecule has 0 aliphatic rings. The third-order valence-corrected chi connectivity index (χ3v) is 3.96. The summed E-state index contributed by atoms with van der Waals surface area (Å²) in [5.41, 5.74) is 1.23. The van der Waals surface area contributed by atoms with Gasteiger partial charge in [0.1, 0.15) is 11.6 Å². The summed E-state index contributed by atoms with van der Waals surface area (Å²) in [6, 6.07) is 11.7. The molecule has 0 unspecified atom stereocenters. The Morgan fingerprint density at radius 1 is 1.15 bits per heavy atom. The summed E-state index contributed by atoms with van der Waals surface area (Å²) in [4.78, 5) is 25.6. The Morgan fingerprint density at radius 3 is 2.48 bits per heavy atom. The van der Waals surface area contributed by atoms with Crippen molar-refractivity contribution in [1.29, 1.82) is 5.26 Å². The van der Waals surface area contributed by atoms with Crippen LogP contribution in [0.1, 0.15) is 34.3 Å². The lowest BCUT2D eigenvalue weighted by Crippen LogP contribution is -2.29. The molecule has 2 rings (SSSR count). The highest BCUT2D eigenvalue weighted by atomic mass is 19.1. The van der Waals surface area contributed by atoms with Crippen LogP contribution in [0.15, 0.2) is 42.5 Å². The van der Waals surface area contributed by atoms with E-state index in [1.807, 2.05) is 6.07 Å². The summed E-state index contributed by atoms with van der Waals surface area (Å²) in [5, 5.41) is 11.3. The van der Waals surface area contributed by atoms with Crippen molar-refractivity contribution in [3.63, 3.8) is 0 Å². The number of carbonyl (C=O) groups is 2. The van der Waals surface area contributed by atoms with Crippen molar-refractivity contribution < 1.29 is 18.4 Å². The number of hydrogen-bond acceptors (Lipinski definition) is 3. The van der Waals surface area contributed by atoms with Crippen molar-refractivity contribution >= 4 is 11.8 Å². The maximum atomic E-state index is 13.5. The molecule has 0 fully saturated rings. The quantitative estimate of drug-likeness (QED) is 0.761. The summed E-state index contributed by atoms with van der Waals surface area (Å²) in [6.45, 7) is 0.615. The molecule has 140 valence electrons. The van der Waals surface area contributed by atoms with E-state index in [9.17, 15) is 18.4 Å². The van der Waals surface area contributed by atoms with Gasteiger partial charge in [-0.1, -0.05) is 12.1 Å². The summed E-state index contributed by atoms with van der Waals surface area (Å²) >= 11 is 0. The van der Waals surface area contributed by atoms with Gasteiger partial charge in [0.05, 0.1) is 17.2 Å². The van der Waals surface area contributed by atoms with Crippen LogP contribution in [0.2, 0.25) is 0 Å². The molecule has 2 aromatic carbocycles. The molecule has 0 aromatic heterocycles. The normalized spacial score (nSPS) is 10.1. The number of nitrogens with zero attached hydrogens (tertiary/aromatic N) is 2. The zero-order chi connectivity index (χ0) is 19.8. The zero-order valence-electron chi connectivity index (χ0n) is 14.8. The van der Waals surface area contributed by atoms with Gasteiger partial charge in [0.25, 0.3) is 5.91 Å². The van der Waals surface area contributed by atoms with E-state index in [2.05, 4.69) is 5.32 Å². The molecule has 0 spiro atoms. The largest absolute Gasteiger partial charge is 0.352 e.